The zero-order valence-corrected chi connectivity index (χ0v) is 8.76. The second-order valence-electron chi connectivity index (χ2n) is 4.19. The molecule has 0 bridgehead atoms. The molecule has 15 heavy (non-hydrogen) atoms. The Morgan fingerprint density at radius 3 is 2.53 bits per heavy atom. The fraction of sp³-hybridized carbons (Fsp3) is 0.500. The van der Waals surface area contributed by atoms with Crippen LogP contribution >= 0.6 is 0 Å². The minimum Gasteiger partial charge on any atom is -0.311 e. The van der Waals surface area contributed by atoms with E-state index in [1.165, 1.54) is 0 Å². The van der Waals surface area contributed by atoms with E-state index in [0.717, 1.165) is 11.1 Å². The van der Waals surface area contributed by atoms with E-state index in [1.807, 2.05) is 31.2 Å². The van der Waals surface area contributed by atoms with Crippen LogP contribution in [0.25, 0.3) is 0 Å². The molecule has 0 aliphatic carbocycles. The predicted molar refractivity (Wildman–Crippen MR) is 56.4 cm³/mol. The third-order valence-corrected chi connectivity index (χ3v) is 2.96. The first-order valence-corrected chi connectivity index (χ1v) is 5.25. The van der Waals surface area contributed by atoms with Gasteiger partial charge in [0.15, 0.2) is 0 Å². The number of piperidine rings is 1. The van der Waals surface area contributed by atoms with E-state index < -0.39 is 11.8 Å². The lowest BCUT2D eigenvalue weighted by molar-refractivity contribution is -0.0420. The Balaban J connectivity index is 2.25. The van der Waals surface area contributed by atoms with Gasteiger partial charge in [-0.05, 0) is 25.5 Å². The van der Waals surface area contributed by atoms with Gasteiger partial charge in [0.1, 0.15) is 0 Å². The van der Waals surface area contributed by atoms with E-state index in [2.05, 4.69) is 5.32 Å². The zero-order chi connectivity index (χ0) is 10.9. The van der Waals surface area contributed by atoms with Gasteiger partial charge in [-0.15, -0.1) is 0 Å². The summed E-state index contributed by atoms with van der Waals surface area (Å²) < 4.78 is 27.2. The summed E-state index contributed by atoms with van der Waals surface area (Å²) in [6, 6.07) is 7.43. The molecule has 1 N–H and O–H groups in total. The van der Waals surface area contributed by atoms with Gasteiger partial charge in [-0.2, -0.15) is 0 Å². The second-order valence-corrected chi connectivity index (χ2v) is 4.19. The van der Waals surface area contributed by atoms with Crippen molar-refractivity contribution in [1.29, 1.82) is 0 Å². The molecule has 1 unspecified atom stereocenters. The van der Waals surface area contributed by atoms with Gasteiger partial charge in [0.25, 0.3) is 5.92 Å². The van der Waals surface area contributed by atoms with Gasteiger partial charge in [-0.3, -0.25) is 0 Å². The normalized spacial score (nSPS) is 25.1. The predicted octanol–water partition coefficient (Wildman–Crippen LogP) is 2.71. The summed E-state index contributed by atoms with van der Waals surface area (Å²) in [5, 5.41) is 2.74. The summed E-state index contributed by atoms with van der Waals surface area (Å²) >= 11 is 0. The molecule has 1 atom stereocenters. The highest BCUT2D eigenvalue weighted by atomic mass is 19.3. The minimum absolute atomic E-state index is 0.203. The van der Waals surface area contributed by atoms with Gasteiger partial charge < -0.3 is 5.32 Å². The maximum atomic E-state index is 13.6. The zero-order valence-electron chi connectivity index (χ0n) is 8.76. The number of rotatable bonds is 1. The molecule has 1 aliphatic rings. The molecule has 0 spiro atoms. The first-order chi connectivity index (χ1) is 7.09. The Bertz CT molecular complexity index is 332. The SMILES string of the molecule is Cc1ccc(C2CCNCC2(F)F)cc1. The summed E-state index contributed by atoms with van der Waals surface area (Å²) in [6.45, 7) is 2.43. The minimum atomic E-state index is -2.62. The number of hydrogen-bond donors (Lipinski definition) is 1. The smallest absolute Gasteiger partial charge is 0.267 e. The van der Waals surface area contributed by atoms with Gasteiger partial charge in [-0.25, -0.2) is 8.78 Å². The molecule has 0 amide bonds. The highest BCUT2D eigenvalue weighted by molar-refractivity contribution is 5.26. The average Bonchev–Trinajstić information content (AvgIpc) is 2.19. The molecule has 1 saturated heterocycles. The van der Waals surface area contributed by atoms with E-state index >= 15 is 0 Å². The van der Waals surface area contributed by atoms with Crippen LogP contribution in [0.2, 0.25) is 0 Å². The summed E-state index contributed by atoms with van der Waals surface area (Å²) in [7, 11) is 0. The van der Waals surface area contributed by atoms with Crippen LogP contribution in [0.1, 0.15) is 23.5 Å². The Morgan fingerprint density at radius 2 is 1.93 bits per heavy atom. The summed E-state index contributed by atoms with van der Waals surface area (Å²) in [5.74, 6) is -3.24. The van der Waals surface area contributed by atoms with Crippen LogP contribution in [0.5, 0.6) is 0 Å². The molecule has 1 nitrogen and oxygen atoms in total. The highest BCUT2D eigenvalue weighted by Crippen LogP contribution is 2.37. The van der Waals surface area contributed by atoms with Crippen molar-refractivity contribution in [2.45, 2.75) is 25.2 Å². The van der Waals surface area contributed by atoms with Gasteiger partial charge in [0.05, 0.1) is 12.5 Å². The molecule has 0 radical (unpaired) electrons. The fourth-order valence-electron chi connectivity index (χ4n) is 2.05. The van der Waals surface area contributed by atoms with Crippen molar-refractivity contribution in [2.24, 2.45) is 0 Å². The molecule has 3 heteroatoms. The molecule has 1 aliphatic heterocycles. The Labute approximate surface area is 88.5 Å². The van der Waals surface area contributed by atoms with Crippen LogP contribution in [-0.2, 0) is 0 Å². The first kappa shape index (κ1) is 10.6. The number of nitrogens with one attached hydrogen (secondary N) is 1. The van der Waals surface area contributed by atoms with E-state index in [-0.39, 0.29) is 6.54 Å². The molecule has 1 heterocycles. The average molecular weight is 211 g/mol. The van der Waals surface area contributed by atoms with Crippen LogP contribution in [0.3, 0.4) is 0 Å². The molecule has 0 aromatic heterocycles. The van der Waals surface area contributed by atoms with Crippen molar-refractivity contribution in [2.75, 3.05) is 13.1 Å². The van der Waals surface area contributed by atoms with Crippen molar-refractivity contribution >= 4 is 0 Å². The first-order valence-electron chi connectivity index (χ1n) is 5.25. The lowest BCUT2D eigenvalue weighted by Crippen LogP contribution is -2.44. The molecule has 1 fully saturated rings. The van der Waals surface area contributed by atoms with E-state index in [1.54, 1.807) is 0 Å². The van der Waals surface area contributed by atoms with Gasteiger partial charge in [0, 0.05) is 0 Å². The van der Waals surface area contributed by atoms with Crippen LogP contribution < -0.4 is 5.32 Å². The second kappa shape index (κ2) is 3.89. The quantitative estimate of drug-likeness (QED) is 0.753. The standard InChI is InChI=1S/C12H15F2N/c1-9-2-4-10(5-3-9)11-6-7-15-8-12(11,13)14/h2-5,11,15H,6-8H2,1H3. The molecule has 82 valence electrons. The Hall–Kier alpha value is -0.960. The van der Waals surface area contributed by atoms with Crippen molar-refractivity contribution in [1.82, 2.24) is 5.32 Å². The molecule has 2 rings (SSSR count). The number of benzene rings is 1. The third-order valence-electron chi connectivity index (χ3n) is 2.96. The van der Waals surface area contributed by atoms with Crippen LogP contribution in [-0.4, -0.2) is 19.0 Å². The summed E-state index contributed by atoms with van der Waals surface area (Å²) in [5.41, 5.74) is 1.86. The maximum Gasteiger partial charge on any atom is 0.267 e. The lowest BCUT2D eigenvalue weighted by atomic mass is 9.87. The van der Waals surface area contributed by atoms with E-state index in [9.17, 15) is 8.78 Å². The van der Waals surface area contributed by atoms with Crippen molar-refractivity contribution in [3.8, 4) is 0 Å². The molecular formula is C12H15F2N. The van der Waals surface area contributed by atoms with E-state index in [0.29, 0.717) is 13.0 Å². The van der Waals surface area contributed by atoms with Crippen molar-refractivity contribution in [3.05, 3.63) is 35.4 Å². The van der Waals surface area contributed by atoms with Gasteiger partial charge in [-0.1, -0.05) is 29.8 Å². The molecular weight excluding hydrogens is 196 g/mol. The number of alkyl halides is 2. The molecule has 1 aromatic rings. The number of hydrogen-bond acceptors (Lipinski definition) is 1. The largest absolute Gasteiger partial charge is 0.311 e. The monoisotopic (exact) mass is 211 g/mol. The fourth-order valence-corrected chi connectivity index (χ4v) is 2.05. The highest BCUT2D eigenvalue weighted by Gasteiger charge is 2.42. The summed E-state index contributed by atoms with van der Waals surface area (Å²) in [4.78, 5) is 0. The lowest BCUT2D eigenvalue weighted by Gasteiger charge is -2.32. The van der Waals surface area contributed by atoms with Gasteiger partial charge >= 0.3 is 0 Å². The number of halogens is 2. The van der Waals surface area contributed by atoms with Crippen molar-refractivity contribution in [3.63, 3.8) is 0 Å². The van der Waals surface area contributed by atoms with Crippen molar-refractivity contribution < 1.29 is 8.78 Å². The van der Waals surface area contributed by atoms with Crippen LogP contribution in [0.15, 0.2) is 24.3 Å². The van der Waals surface area contributed by atoms with Gasteiger partial charge in [0.2, 0.25) is 0 Å². The molecule has 0 saturated carbocycles. The topological polar surface area (TPSA) is 12.0 Å². The Kier molecular flexibility index (Phi) is 2.74. The molecule has 1 aromatic carbocycles. The Morgan fingerprint density at radius 1 is 1.27 bits per heavy atom. The van der Waals surface area contributed by atoms with E-state index in [4.69, 9.17) is 0 Å². The summed E-state index contributed by atoms with van der Waals surface area (Å²) in [6.07, 6.45) is 0.510. The maximum absolute atomic E-state index is 13.6. The van der Waals surface area contributed by atoms with Crippen LogP contribution in [0, 0.1) is 6.92 Å². The number of aryl methyl sites for hydroxylation is 1. The van der Waals surface area contributed by atoms with Crippen LogP contribution in [0.4, 0.5) is 8.78 Å². The third kappa shape index (κ3) is 2.17.